The average Bonchev–Trinajstić information content (AvgIpc) is 3.09. The van der Waals surface area contributed by atoms with Crippen molar-refractivity contribution in [3.8, 4) is 11.1 Å². The first-order valence-corrected chi connectivity index (χ1v) is 9.90. The number of rotatable bonds is 8. The maximum absolute atomic E-state index is 12.0. The molecule has 0 spiro atoms. The highest BCUT2D eigenvalue weighted by molar-refractivity contribution is 5.88. The molecule has 0 aliphatic heterocycles. The number of fused-ring (bicyclic) bond motifs is 3. The van der Waals surface area contributed by atoms with E-state index in [1.165, 1.54) is 25.2 Å². The molecule has 160 valence electrons. The van der Waals surface area contributed by atoms with Crippen molar-refractivity contribution >= 4 is 18.0 Å². The summed E-state index contributed by atoms with van der Waals surface area (Å²) in [4.78, 5) is 34.4. The van der Waals surface area contributed by atoms with Gasteiger partial charge in [-0.15, -0.1) is 0 Å². The second-order valence-electron chi connectivity index (χ2n) is 7.05. The van der Waals surface area contributed by atoms with Crippen molar-refractivity contribution in [3.05, 3.63) is 83.5 Å². The van der Waals surface area contributed by atoms with Gasteiger partial charge in [-0.1, -0.05) is 60.7 Å². The molecule has 7 nitrogen and oxygen atoms in total. The summed E-state index contributed by atoms with van der Waals surface area (Å²) in [6, 6.07) is 16.2. The minimum atomic E-state index is -1.03. The molecule has 2 aromatic carbocycles. The number of carboxylic acids is 1. The minimum Gasteiger partial charge on any atom is -0.478 e. The van der Waals surface area contributed by atoms with Crippen molar-refractivity contribution in [1.82, 2.24) is 10.6 Å². The van der Waals surface area contributed by atoms with E-state index >= 15 is 0 Å². The number of ether oxygens (including phenoxy) is 1. The predicted molar refractivity (Wildman–Crippen MR) is 117 cm³/mol. The van der Waals surface area contributed by atoms with E-state index in [9.17, 15) is 14.4 Å². The maximum atomic E-state index is 12.0. The zero-order valence-electron chi connectivity index (χ0n) is 17.1. The summed E-state index contributed by atoms with van der Waals surface area (Å²) in [7, 11) is 0. The van der Waals surface area contributed by atoms with Crippen molar-refractivity contribution in [2.75, 3.05) is 19.7 Å². The van der Waals surface area contributed by atoms with E-state index in [1.54, 1.807) is 0 Å². The summed E-state index contributed by atoms with van der Waals surface area (Å²) in [6.45, 7) is 1.91. The lowest BCUT2D eigenvalue weighted by Crippen LogP contribution is -2.27. The smallest absolute Gasteiger partial charge is 0.407 e. The molecule has 0 heterocycles. The third-order valence-corrected chi connectivity index (χ3v) is 5.00. The van der Waals surface area contributed by atoms with Crippen LogP contribution in [0.25, 0.3) is 11.1 Å². The van der Waals surface area contributed by atoms with Gasteiger partial charge in [-0.2, -0.15) is 0 Å². The van der Waals surface area contributed by atoms with Gasteiger partial charge >= 0.3 is 12.1 Å². The Labute approximate surface area is 180 Å². The SMILES string of the molecule is C/C(=C\CNC(=O)/C=C/CNC(=O)OCC1c2ccccc2-c2ccccc21)C(=O)O. The second-order valence-corrected chi connectivity index (χ2v) is 7.05. The highest BCUT2D eigenvalue weighted by atomic mass is 16.5. The Morgan fingerprint density at radius 2 is 1.58 bits per heavy atom. The highest BCUT2D eigenvalue weighted by Gasteiger charge is 2.28. The molecular weight excluding hydrogens is 396 g/mol. The Morgan fingerprint density at radius 3 is 2.19 bits per heavy atom. The zero-order chi connectivity index (χ0) is 22.2. The number of hydrogen-bond donors (Lipinski definition) is 3. The number of nitrogens with one attached hydrogen (secondary N) is 2. The van der Waals surface area contributed by atoms with E-state index in [0.717, 1.165) is 22.3 Å². The molecule has 0 aromatic heterocycles. The van der Waals surface area contributed by atoms with E-state index in [4.69, 9.17) is 9.84 Å². The number of alkyl carbamates (subject to hydrolysis) is 1. The van der Waals surface area contributed by atoms with E-state index in [0.29, 0.717) is 0 Å². The number of amides is 2. The summed E-state index contributed by atoms with van der Waals surface area (Å²) in [6.07, 6.45) is 3.60. The van der Waals surface area contributed by atoms with Crippen LogP contribution in [0.15, 0.2) is 72.3 Å². The minimum absolute atomic E-state index is 0.0122. The lowest BCUT2D eigenvalue weighted by molar-refractivity contribution is -0.132. The molecule has 1 aliphatic carbocycles. The maximum Gasteiger partial charge on any atom is 0.407 e. The quantitative estimate of drug-likeness (QED) is 0.569. The summed E-state index contributed by atoms with van der Waals surface area (Å²) < 4.78 is 5.41. The molecule has 2 aromatic rings. The molecule has 0 atom stereocenters. The summed E-state index contributed by atoms with van der Waals surface area (Å²) in [5, 5.41) is 13.8. The summed E-state index contributed by atoms with van der Waals surface area (Å²) in [5.41, 5.74) is 4.76. The van der Waals surface area contributed by atoms with E-state index in [2.05, 4.69) is 34.9 Å². The van der Waals surface area contributed by atoms with Gasteiger partial charge in [0.15, 0.2) is 0 Å². The molecule has 0 saturated heterocycles. The third-order valence-electron chi connectivity index (χ3n) is 5.00. The van der Waals surface area contributed by atoms with Crippen LogP contribution in [-0.4, -0.2) is 42.8 Å². The molecule has 3 rings (SSSR count). The third kappa shape index (κ3) is 5.60. The normalized spacial score (nSPS) is 12.9. The second kappa shape index (κ2) is 10.2. The van der Waals surface area contributed by atoms with Crippen LogP contribution in [0.4, 0.5) is 4.79 Å². The van der Waals surface area contributed by atoms with Crippen molar-refractivity contribution in [2.24, 2.45) is 0 Å². The Balaban J connectivity index is 1.44. The van der Waals surface area contributed by atoms with Crippen LogP contribution in [0.1, 0.15) is 24.0 Å². The first-order chi connectivity index (χ1) is 15.0. The fourth-order valence-corrected chi connectivity index (χ4v) is 3.41. The largest absolute Gasteiger partial charge is 0.478 e. The summed E-state index contributed by atoms with van der Waals surface area (Å²) >= 11 is 0. The van der Waals surface area contributed by atoms with E-state index < -0.39 is 12.1 Å². The topological polar surface area (TPSA) is 105 Å². The van der Waals surface area contributed by atoms with Gasteiger partial charge < -0.3 is 20.5 Å². The fraction of sp³-hybridized carbons (Fsp3) is 0.208. The van der Waals surface area contributed by atoms with Gasteiger partial charge in [0.25, 0.3) is 0 Å². The van der Waals surface area contributed by atoms with Crippen LogP contribution in [0.2, 0.25) is 0 Å². The van der Waals surface area contributed by atoms with Gasteiger partial charge in [0.05, 0.1) is 0 Å². The van der Waals surface area contributed by atoms with Gasteiger partial charge in [-0.05, 0) is 29.2 Å². The molecule has 3 N–H and O–H groups in total. The Kier molecular flexibility index (Phi) is 7.22. The molecule has 0 saturated carbocycles. The number of carbonyl (C=O) groups is 3. The fourth-order valence-electron chi connectivity index (χ4n) is 3.41. The molecule has 0 radical (unpaired) electrons. The monoisotopic (exact) mass is 420 g/mol. The van der Waals surface area contributed by atoms with Crippen molar-refractivity contribution < 1.29 is 24.2 Å². The van der Waals surface area contributed by atoms with E-state index in [1.807, 2.05) is 24.3 Å². The predicted octanol–water partition coefficient (Wildman–Crippen LogP) is 3.23. The van der Waals surface area contributed by atoms with Crippen LogP contribution in [0.3, 0.4) is 0 Å². The van der Waals surface area contributed by atoms with Crippen LogP contribution < -0.4 is 10.6 Å². The number of hydrogen-bond acceptors (Lipinski definition) is 4. The van der Waals surface area contributed by atoms with Crippen LogP contribution >= 0.6 is 0 Å². The lowest BCUT2D eigenvalue weighted by Gasteiger charge is -2.14. The Bertz CT molecular complexity index is 996. The number of aliphatic carboxylic acids is 1. The molecule has 0 fully saturated rings. The van der Waals surface area contributed by atoms with Gasteiger partial charge in [0, 0.05) is 30.7 Å². The van der Waals surface area contributed by atoms with Crippen molar-refractivity contribution in [2.45, 2.75) is 12.8 Å². The first kappa shape index (κ1) is 21.8. The number of benzene rings is 2. The highest BCUT2D eigenvalue weighted by Crippen LogP contribution is 2.44. The van der Waals surface area contributed by atoms with Crippen molar-refractivity contribution in [1.29, 1.82) is 0 Å². The van der Waals surface area contributed by atoms with Crippen molar-refractivity contribution in [3.63, 3.8) is 0 Å². The summed E-state index contributed by atoms with van der Waals surface area (Å²) in [5.74, 6) is -1.43. The molecule has 1 aliphatic rings. The first-order valence-electron chi connectivity index (χ1n) is 9.90. The molecule has 0 bridgehead atoms. The molecule has 31 heavy (non-hydrogen) atoms. The Hall–Kier alpha value is -3.87. The standard InChI is InChI=1S/C24H24N2O5/c1-16(23(28)29)12-14-25-22(27)11-6-13-26-24(30)31-15-21-19-9-4-2-7-17(19)18-8-3-5-10-20(18)21/h2-12,21H,13-15H2,1H3,(H,25,27)(H,26,30)(H,28,29)/b11-6+,16-12+. The molecule has 7 heteroatoms. The van der Waals surface area contributed by atoms with Gasteiger partial charge in [-0.3, -0.25) is 4.79 Å². The van der Waals surface area contributed by atoms with Gasteiger partial charge in [0.1, 0.15) is 6.61 Å². The van der Waals surface area contributed by atoms with Crippen LogP contribution in [-0.2, 0) is 14.3 Å². The van der Waals surface area contributed by atoms with Crippen LogP contribution in [0.5, 0.6) is 0 Å². The number of carbonyl (C=O) groups excluding carboxylic acids is 2. The molecule has 0 unspecified atom stereocenters. The number of carboxylic acid groups (broad SMARTS) is 1. The van der Waals surface area contributed by atoms with Gasteiger partial charge in [0.2, 0.25) is 5.91 Å². The molecule has 2 amide bonds. The molecular formula is C24H24N2O5. The zero-order valence-corrected chi connectivity index (χ0v) is 17.1. The lowest BCUT2D eigenvalue weighted by atomic mass is 9.98. The van der Waals surface area contributed by atoms with Crippen LogP contribution in [0, 0.1) is 0 Å². The average molecular weight is 420 g/mol. The van der Waals surface area contributed by atoms with Gasteiger partial charge in [-0.25, -0.2) is 9.59 Å². The van der Waals surface area contributed by atoms with E-state index in [-0.39, 0.29) is 37.1 Å². The Morgan fingerprint density at radius 1 is 0.968 bits per heavy atom.